The van der Waals surface area contributed by atoms with E-state index in [0.29, 0.717) is 0 Å². The number of hydrogen-bond donors (Lipinski definition) is 0. The molecule has 0 atom stereocenters. The minimum Gasteiger partial charge on any atom is -0.296 e. The molecular weight excluding hydrogens is 172 g/mol. The Morgan fingerprint density at radius 3 is 1.50 bits per heavy atom. The average Bonchev–Trinajstić information content (AvgIpc) is 2.17. The Bertz CT molecular complexity index is 233. The van der Waals surface area contributed by atoms with Crippen molar-refractivity contribution in [1.82, 2.24) is 0 Å². The van der Waals surface area contributed by atoms with Gasteiger partial charge in [0, 0.05) is 32.1 Å². The lowest BCUT2D eigenvalue weighted by atomic mass is 10.1. The van der Waals surface area contributed by atoms with E-state index in [2.05, 4.69) is 9.98 Å². The molecule has 0 unspecified atom stereocenters. The lowest BCUT2D eigenvalue weighted by Gasteiger charge is -1.98. The molecule has 0 fully saturated rings. The van der Waals surface area contributed by atoms with Crippen molar-refractivity contribution in [3.05, 3.63) is 35.5 Å². The molecule has 0 saturated heterocycles. The van der Waals surface area contributed by atoms with Crippen LogP contribution in [0, 0.1) is 0 Å². The fraction of sp³-hybridized carbons (Fsp3) is 0.333. The molecule has 0 aromatic heterocycles. The zero-order valence-electron chi connectivity index (χ0n) is 9.36. The van der Waals surface area contributed by atoms with Gasteiger partial charge in [-0.2, -0.15) is 0 Å². The van der Waals surface area contributed by atoms with E-state index < -0.39 is 0 Å². The fourth-order valence-electron chi connectivity index (χ4n) is 1.07. The van der Waals surface area contributed by atoms with Crippen LogP contribution in [0.5, 0.6) is 0 Å². The summed E-state index contributed by atoms with van der Waals surface area (Å²) < 4.78 is 0. The highest BCUT2D eigenvalue weighted by molar-refractivity contribution is 6.05. The Morgan fingerprint density at radius 1 is 0.786 bits per heavy atom. The van der Waals surface area contributed by atoms with E-state index in [1.807, 2.05) is 50.6 Å². The number of rotatable bonds is 4. The van der Waals surface area contributed by atoms with Crippen molar-refractivity contribution in [1.29, 1.82) is 0 Å². The molecule has 0 aromatic carbocycles. The lowest BCUT2D eigenvalue weighted by molar-refractivity contribution is 1.44. The van der Waals surface area contributed by atoms with Gasteiger partial charge in [-0.05, 0) is 19.4 Å². The van der Waals surface area contributed by atoms with Crippen LogP contribution in [-0.4, -0.2) is 26.5 Å². The Morgan fingerprint density at radius 2 is 1.21 bits per heavy atom. The molecule has 0 spiro atoms. The Labute approximate surface area is 86.5 Å². The molecule has 0 amide bonds. The van der Waals surface area contributed by atoms with Crippen LogP contribution in [0.4, 0.5) is 0 Å². The molecule has 0 saturated carbocycles. The number of nitrogens with zero attached hydrogens (tertiary/aromatic N) is 2. The smallest absolute Gasteiger partial charge is 0.0302 e. The van der Waals surface area contributed by atoms with Crippen molar-refractivity contribution in [3.8, 4) is 0 Å². The molecule has 0 radical (unpaired) electrons. The molecule has 0 heterocycles. The van der Waals surface area contributed by atoms with Gasteiger partial charge in [0.15, 0.2) is 0 Å². The summed E-state index contributed by atoms with van der Waals surface area (Å²) in [5, 5.41) is 0. The SMILES string of the molecule is C/C=C\C(/C=C\C)=C(C=NC)C=NC. The summed E-state index contributed by atoms with van der Waals surface area (Å²) in [7, 11) is 3.51. The van der Waals surface area contributed by atoms with Crippen molar-refractivity contribution in [2.45, 2.75) is 13.8 Å². The van der Waals surface area contributed by atoms with Crippen molar-refractivity contribution >= 4 is 12.4 Å². The average molecular weight is 190 g/mol. The summed E-state index contributed by atoms with van der Waals surface area (Å²) in [4.78, 5) is 8.00. The molecule has 0 aliphatic rings. The van der Waals surface area contributed by atoms with Crippen LogP contribution in [0.1, 0.15) is 13.8 Å². The molecule has 0 rings (SSSR count). The predicted octanol–water partition coefficient (Wildman–Crippen LogP) is 2.84. The third-order valence-electron chi connectivity index (χ3n) is 1.56. The summed E-state index contributed by atoms with van der Waals surface area (Å²) in [5.74, 6) is 0. The highest BCUT2D eigenvalue weighted by Gasteiger charge is 1.94. The van der Waals surface area contributed by atoms with Gasteiger partial charge in [0.25, 0.3) is 0 Å². The van der Waals surface area contributed by atoms with E-state index in [0.717, 1.165) is 11.1 Å². The first-order chi connectivity index (χ1) is 6.79. The van der Waals surface area contributed by atoms with E-state index >= 15 is 0 Å². The molecule has 0 aromatic rings. The molecule has 2 nitrogen and oxygen atoms in total. The van der Waals surface area contributed by atoms with Crippen molar-refractivity contribution in [2.75, 3.05) is 14.1 Å². The zero-order valence-corrected chi connectivity index (χ0v) is 9.36. The van der Waals surface area contributed by atoms with Crippen molar-refractivity contribution in [3.63, 3.8) is 0 Å². The Kier molecular flexibility index (Phi) is 7.33. The summed E-state index contributed by atoms with van der Waals surface area (Å²) >= 11 is 0. The first-order valence-corrected chi connectivity index (χ1v) is 4.64. The fourth-order valence-corrected chi connectivity index (χ4v) is 1.07. The summed E-state index contributed by atoms with van der Waals surface area (Å²) in [6.07, 6.45) is 11.7. The normalized spacial score (nSPS) is 12.6. The van der Waals surface area contributed by atoms with Crippen LogP contribution in [0.3, 0.4) is 0 Å². The third kappa shape index (κ3) is 4.55. The highest BCUT2D eigenvalue weighted by atomic mass is 14.7. The minimum atomic E-state index is 1.02. The predicted molar refractivity (Wildman–Crippen MR) is 65.5 cm³/mol. The Hall–Kier alpha value is -1.44. The first-order valence-electron chi connectivity index (χ1n) is 4.64. The van der Waals surface area contributed by atoms with Gasteiger partial charge in [-0.15, -0.1) is 0 Å². The van der Waals surface area contributed by atoms with Gasteiger partial charge in [-0.25, -0.2) is 0 Å². The van der Waals surface area contributed by atoms with Crippen LogP contribution < -0.4 is 0 Å². The monoisotopic (exact) mass is 190 g/mol. The van der Waals surface area contributed by atoms with Crippen molar-refractivity contribution in [2.24, 2.45) is 9.98 Å². The minimum absolute atomic E-state index is 1.02. The third-order valence-corrected chi connectivity index (χ3v) is 1.56. The number of hydrogen-bond acceptors (Lipinski definition) is 2. The van der Waals surface area contributed by atoms with Crippen LogP contribution in [0.2, 0.25) is 0 Å². The first kappa shape index (κ1) is 12.6. The summed E-state index contributed by atoms with van der Waals surface area (Å²) in [5.41, 5.74) is 2.14. The van der Waals surface area contributed by atoms with Gasteiger partial charge in [0.1, 0.15) is 0 Å². The number of aliphatic imine (C=N–C) groups is 2. The maximum Gasteiger partial charge on any atom is 0.0302 e. The maximum atomic E-state index is 4.00. The van der Waals surface area contributed by atoms with E-state index in [1.54, 1.807) is 14.1 Å². The molecule has 0 aliphatic heterocycles. The molecular formula is C12H18N2. The van der Waals surface area contributed by atoms with Crippen LogP contribution >= 0.6 is 0 Å². The second-order valence-electron chi connectivity index (χ2n) is 2.69. The second kappa shape index (κ2) is 8.17. The van der Waals surface area contributed by atoms with Gasteiger partial charge in [0.2, 0.25) is 0 Å². The van der Waals surface area contributed by atoms with Crippen LogP contribution in [0.15, 0.2) is 45.4 Å². The molecule has 14 heavy (non-hydrogen) atoms. The lowest BCUT2D eigenvalue weighted by Crippen LogP contribution is -1.91. The van der Waals surface area contributed by atoms with Gasteiger partial charge >= 0.3 is 0 Å². The summed E-state index contributed by atoms with van der Waals surface area (Å²) in [6.45, 7) is 3.99. The molecule has 0 N–H and O–H groups in total. The molecule has 0 aliphatic carbocycles. The highest BCUT2D eigenvalue weighted by Crippen LogP contribution is 2.05. The second-order valence-corrected chi connectivity index (χ2v) is 2.69. The van der Waals surface area contributed by atoms with E-state index in [-0.39, 0.29) is 0 Å². The summed E-state index contributed by atoms with van der Waals surface area (Å²) in [6, 6.07) is 0. The van der Waals surface area contributed by atoms with Gasteiger partial charge < -0.3 is 0 Å². The topological polar surface area (TPSA) is 24.7 Å². The Balaban J connectivity index is 5.23. The zero-order chi connectivity index (χ0) is 10.8. The molecule has 76 valence electrons. The van der Waals surface area contributed by atoms with E-state index in [9.17, 15) is 0 Å². The molecule has 2 heteroatoms. The molecule has 0 bridgehead atoms. The number of allylic oxidation sites excluding steroid dienone is 6. The maximum absolute atomic E-state index is 4.00. The van der Waals surface area contributed by atoms with Crippen molar-refractivity contribution < 1.29 is 0 Å². The largest absolute Gasteiger partial charge is 0.296 e. The van der Waals surface area contributed by atoms with Gasteiger partial charge in [-0.1, -0.05) is 24.3 Å². The van der Waals surface area contributed by atoms with Gasteiger partial charge in [0.05, 0.1) is 0 Å². The van der Waals surface area contributed by atoms with E-state index in [4.69, 9.17) is 0 Å². The van der Waals surface area contributed by atoms with Crippen LogP contribution in [0.25, 0.3) is 0 Å². The van der Waals surface area contributed by atoms with E-state index in [1.165, 1.54) is 0 Å². The van der Waals surface area contributed by atoms with Gasteiger partial charge in [-0.3, -0.25) is 9.98 Å². The quantitative estimate of drug-likeness (QED) is 0.481. The standard InChI is InChI=1S/C12H18N2/c1-5-7-11(8-6-2)12(9-13-3)10-14-4/h5-10H,1-4H3/b7-5-,8-6-,13-9?,14-10?. The van der Waals surface area contributed by atoms with Crippen LogP contribution in [-0.2, 0) is 0 Å².